The van der Waals surface area contributed by atoms with Gasteiger partial charge in [0.05, 0.1) is 23.9 Å². The Balaban J connectivity index is 1.69. The molecule has 0 aliphatic rings. The topological polar surface area (TPSA) is 87.9 Å². The zero-order chi connectivity index (χ0) is 23.4. The van der Waals surface area contributed by atoms with Gasteiger partial charge in [-0.1, -0.05) is 17.3 Å². The van der Waals surface area contributed by atoms with Crippen LogP contribution in [0.25, 0.3) is 0 Å². The first kappa shape index (κ1) is 23.1. The van der Waals surface area contributed by atoms with Gasteiger partial charge in [0.25, 0.3) is 0 Å². The number of ketones is 1. The summed E-state index contributed by atoms with van der Waals surface area (Å²) in [6, 6.07) is 10.1. The Labute approximate surface area is 187 Å². The van der Waals surface area contributed by atoms with Gasteiger partial charge in [0.2, 0.25) is 5.78 Å². The summed E-state index contributed by atoms with van der Waals surface area (Å²) in [6.07, 6.45) is -0.925. The highest BCUT2D eigenvalue weighted by atomic mass is 16.5. The lowest BCUT2D eigenvalue weighted by molar-refractivity contribution is 0.0318. The number of ether oxygens (including phenoxy) is 3. The molecule has 1 aromatic heterocycles. The molecule has 7 heteroatoms. The Hall–Kier alpha value is -3.61. The van der Waals surface area contributed by atoms with Crippen molar-refractivity contribution in [3.05, 3.63) is 75.7 Å². The van der Waals surface area contributed by atoms with E-state index in [1.54, 1.807) is 31.2 Å². The highest BCUT2D eigenvalue weighted by Gasteiger charge is 2.22. The zero-order valence-corrected chi connectivity index (χ0v) is 19.1. The lowest BCUT2D eigenvalue weighted by Crippen LogP contribution is -2.24. The van der Waals surface area contributed by atoms with Gasteiger partial charge in [-0.25, -0.2) is 4.79 Å². The van der Waals surface area contributed by atoms with Gasteiger partial charge in [-0.3, -0.25) is 4.79 Å². The summed E-state index contributed by atoms with van der Waals surface area (Å²) in [5.74, 6) is 0.643. The molecule has 0 saturated heterocycles. The molecule has 0 aliphatic carbocycles. The minimum absolute atomic E-state index is 0.253. The quantitative estimate of drug-likeness (QED) is 0.365. The Bertz CT molecular complexity index is 1130. The van der Waals surface area contributed by atoms with Crippen LogP contribution in [0.5, 0.6) is 11.5 Å². The van der Waals surface area contributed by atoms with Crippen LogP contribution >= 0.6 is 0 Å². The summed E-state index contributed by atoms with van der Waals surface area (Å²) in [7, 11) is 1.49. The molecule has 1 atom stereocenters. The number of hydrogen-bond donors (Lipinski definition) is 0. The Morgan fingerprint density at radius 3 is 2.31 bits per heavy atom. The van der Waals surface area contributed by atoms with Crippen LogP contribution in [0.3, 0.4) is 0 Å². The monoisotopic (exact) mass is 437 g/mol. The molecule has 3 rings (SSSR count). The van der Waals surface area contributed by atoms with E-state index in [0.29, 0.717) is 22.8 Å². The first-order valence-electron chi connectivity index (χ1n) is 10.3. The fourth-order valence-corrected chi connectivity index (χ4v) is 3.18. The third kappa shape index (κ3) is 4.99. The molecule has 0 amide bonds. The van der Waals surface area contributed by atoms with E-state index >= 15 is 0 Å². The molecule has 1 heterocycles. The minimum Gasteiger partial charge on any atom is -0.493 e. The SMILES string of the molecule is COc1cc(C(=O)OC(C)C(=O)c2ccc(C)c(C)c2)ccc1OCc1c(C)noc1C. The van der Waals surface area contributed by atoms with Gasteiger partial charge in [0, 0.05) is 5.56 Å². The van der Waals surface area contributed by atoms with Crippen molar-refractivity contribution in [3.8, 4) is 11.5 Å². The van der Waals surface area contributed by atoms with Gasteiger partial charge < -0.3 is 18.7 Å². The molecule has 1 unspecified atom stereocenters. The summed E-state index contributed by atoms with van der Waals surface area (Å²) in [5.41, 5.74) is 4.47. The van der Waals surface area contributed by atoms with Crippen LogP contribution in [0.15, 0.2) is 40.9 Å². The number of carbonyl (C=O) groups excluding carboxylic acids is 2. The van der Waals surface area contributed by atoms with Gasteiger partial charge in [0.1, 0.15) is 12.4 Å². The van der Waals surface area contributed by atoms with Crippen molar-refractivity contribution < 1.29 is 28.3 Å². The average Bonchev–Trinajstić information content (AvgIpc) is 3.10. The average molecular weight is 437 g/mol. The van der Waals surface area contributed by atoms with E-state index in [9.17, 15) is 9.59 Å². The third-order valence-electron chi connectivity index (χ3n) is 5.40. The summed E-state index contributed by atoms with van der Waals surface area (Å²) in [6.45, 7) is 9.38. The van der Waals surface area contributed by atoms with Crippen molar-refractivity contribution in [2.45, 2.75) is 47.3 Å². The Kier molecular flexibility index (Phi) is 6.98. The third-order valence-corrected chi connectivity index (χ3v) is 5.40. The maximum atomic E-state index is 12.7. The summed E-state index contributed by atoms with van der Waals surface area (Å²) in [4.78, 5) is 25.3. The van der Waals surface area contributed by atoms with Crippen molar-refractivity contribution >= 4 is 11.8 Å². The van der Waals surface area contributed by atoms with Crippen molar-refractivity contribution in [3.63, 3.8) is 0 Å². The van der Waals surface area contributed by atoms with Crippen molar-refractivity contribution in [1.82, 2.24) is 5.16 Å². The second-order valence-corrected chi connectivity index (χ2v) is 7.67. The molecule has 0 N–H and O–H groups in total. The van der Waals surface area contributed by atoms with Gasteiger partial charge in [0.15, 0.2) is 17.6 Å². The molecule has 0 aliphatic heterocycles. The predicted octanol–water partition coefficient (Wildman–Crippen LogP) is 4.92. The van der Waals surface area contributed by atoms with Gasteiger partial charge in [-0.2, -0.15) is 0 Å². The maximum absolute atomic E-state index is 12.7. The Morgan fingerprint density at radius 1 is 0.969 bits per heavy atom. The number of carbonyl (C=O) groups is 2. The van der Waals surface area contributed by atoms with Gasteiger partial charge >= 0.3 is 5.97 Å². The predicted molar refractivity (Wildman–Crippen MR) is 118 cm³/mol. The fourth-order valence-electron chi connectivity index (χ4n) is 3.18. The number of aromatic nitrogens is 1. The Morgan fingerprint density at radius 2 is 1.69 bits per heavy atom. The van der Waals surface area contributed by atoms with Crippen LogP contribution in [0.2, 0.25) is 0 Å². The van der Waals surface area contributed by atoms with Crippen LogP contribution in [-0.4, -0.2) is 30.1 Å². The molecule has 0 saturated carbocycles. The molecule has 168 valence electrons. The standard InChI is InChI=1S/C25H27NO6/c1-14-7-8-19(11-15(14)2)24(27)18(5)31-25(28)20-9-10-22(23(12-20)29-6)30-13-21-16(3)26-32-17(21)4/h7-12,18H,13H2,1-6H3. The van der Waals surface area contributed by atoms with Crippen LogP contribution in [0, 0.1) is 27.7 Å². The molecule has 32 heavy (non-hydrogen) atoms. The van der Waals surface area contributed by atoms with Crippen LogP contribution in [-0.2, 0) is 11.3 Å². The van der Waals surface area contributed by atoms with E-state index < -0.39 is 12.1 Å². The van der Waals surface area contributed by atoms with Crippen LogP contribution in [0.4, 0.5) is 0 Å². The number of benzene rings is 2. The van der Waals surface area contributed by atoms with Crippen LogP contribution in [0.1, 0.15) is 55.8 Å². The highest BCUT2D eigenvalue weighted by molar-refractivity contribution is 6.01. The number of hydrogen-bond acceptors (Lipinski definition) is 7. The van der Waals surface area contributed by atoms with E-state index in [1.807, 2.05) is 33.8 Å². The second kappa shape index (κ2) is 9.68. The number of nitrogens with zero attached hydrogens (tertiary/aromatic N) is 1. The number of Topliss-reactive ketones (excluding diaryl/α,β-unsaturated/α-hetero) is 1. The van der Waals surface area contributed by atoms with E-state index in [1.165, 1.54) is 13.2 Å². The van der Waals surface area contributed by atoms with E-state index in [2.05, 4.69) is 5.16 Å². The molecule has 0 bridgehead atoms. The zero-order valence-electron chi connectivity index (χ0n) is 19.1. The molecule has 0 radical (unpaired) electrons. The summed E-state index contributed by atoms with van der Waals surface area (Å²) >= 11 is 0. The molecule has 3 aromatic rings. The van der Waals surface area contributed by atoms with Crippen LogP contribution < -0.4 is 9.47 Å². The lowest BCUT2D eigenvalue weighted by Gasteiger charge is -2.15. The molecule has 2 aromatic carbocycles. The normalized spacial score (nSPS) is 11.7. The van der Waals surface area contributed by atoms with Crippen molar-refractivity contribution in [2.24, 2.45) is 0 Å². The molecular formula is C25H27NO6. The summed E-state index contributed by atoms with van der Waals surface area (Å²) < 4.78 is 21.8. The summed E-state index contributed by atoms with van der Waals surface area (Å²) in [5, 5.41) is 3.91. The number of rotatable bonds is 8. The number of aryl methyl sites for hydroxylation is 4. The molecule has 0 spiro atoms. The van der Waals surface area contributed by atoms with Gasteiger partial charge in [-0.05, 0) is 70.0 Å². The van der Waals surface area contributed by atoms with E-state index in [4.69, 9.17) is 18.7 Å². The fraction of sp³-hybridized carbons (Fsp3) is 0.320. The highest BCUT2D eigenvalue weighted by Crippen LogP contribution is 2.30. The van der Waals surface area contributed by atoms with E-state index in [-0.39, 0.29) is 18.0 Å². The van der Waals surface area contributed by atoms with Gasteiger partial charge in [-0.15, -0.1) is 0 Å². The lowest BCUT2D eigenvalue weighted by atomic mass is 10.0. The molecular weight excluding hydrogens is 410 g/mol. The number of esters is 1. The first-order valence-corrected chi connectivity index (χ1v) is 10.3. The largest absolute Gasteiger partial charge is 0.493 e. The first-order chi connectivity index (χ1) is 15.2. The smallest absolute Gasteiger partial charge is 0.338 e. The van der Waals surface area contributed by atoms with Crippen molar-refractivity contribution in [2.75, 3.05) is 7.11 Å². The molecule has 0 fully saturated rings. The second-order valence-electron chi connectivity index (χ2n) is 7.67. The number of methoxy groups -OCH3 is 1. The van der Waals surface area contributed by atoms with E-state index in [0.717, 1.165) is 22.4 Å². The minimum atomic E-state index is -0.925. The maximum Gasteiger partial charge on any atom is 0.338 e. The van der Waals surface area contributed by atoms with Crippen molar-refractivity contribution in [1.29, 1.82) is 0 Å². The molecule has 7 nitrogen and oxygen atoms in total.